The normalized spacial score (nSPS) is 11.1. The minimum atomic E-state index is 0.876. The molecule has 0 unspecified atom stereocenters. The van der Waals surface area contributed by atoms with E-state index in [9.17, 15) is 0 Å². The zero-order valence-electron chi connectivity index (χ0n) is 35.2. The Morgan fingerprint density at radius 1 is 0.266 bits per heavy atom. The highest BCUT2D eigenvalue weighted by Gasteiger charge is 2.20. The molecule has 0 atom stereocenters. The number of rotatable bonds is 10. The van der Waals surface area contributed by atoms with Gasteiger partial charge in [0.25, 0.3) is 0 Å². The largest absolute Gasteiger partial charge is 0.455 e. The van der Waals surface area contributed by atoms with E-state index in [1.165, 1.54) is 33.4 Å². The van der Waals surface area contributed by atoms with Crippen LogP contribution in [0.15, 0.2) is 265 Å². The molecule has 11 aromatic rings. The number of hydrogen-bond donors (Lipinski definition) is 0. The van der Waals surface area contributed by atoms with Crippen LogP contribution in [0.5, 0.6) is 0 Å². The third-order valence-corrected chi connectivity index (χ3v) is 12.1. The van der Waals surface area contributed by atoms with Gasteiger partial charge in [-0.05, 0) is 98.1 Å². The molecule has 2 nitrogen and oxygen atoms in total. The van der Waals surface area contributed by atoms with Gasteiger partial charge in [0.2, 0.25) is 0 Å². The second-order valence-corrected chi connectivity index (χ2v) is 16.0. The third kappa shape index (κ3) is 7.38. The smallest absolute Gasteiger partial charge is 0.143 e. The molecule has 0 N–H and O–H groups in total. The van der Waals surface area contributed by atoms with Crippen LogP contribution in [0.25, 0.3) is 89.1 Å². The molecule has 11 rings (SSSR count). The molecule has 1 aromatic heterocycles. The predicted molar refractivity (Wildman–Crippen MR) is 269 cm³/mol. The molecule has 302 valence electrons. The Balaban J connectivity index is 0.982. The number of hydrogen-bond acceptors (Lipinski definition) is 2. The molecule has 10 aromatic carbocycles. The fourth-order valence-electron chi connectivity index (χ4n) is 9.09. The van der Waals surface area contributed by atoms with Crippen LogP contribution in [0.3, 0.4) is 0 Å². The highest BCUT2D eigenvalue weighted by molar-refractivity contribution is 6.02. The molecule has 0 aliphatic heterocycles. The maximum absolute atomic E-state index is 6.61. The van der Waals surface area contributed by atoms with Crippen LogP contribution < -0.4 is 4.90 Å². The van der Waals surface area contributed by atoms with Crippen molar-refractivity contribution in [1.82, 2.24) is 0 Å². The molecule has 0 bridgehead atoms. The van der Waals surface area contributed by atoms with Crippen molar-refractivity contribution in [3.63, 3.8) is 0 Å². The first-order valence-electron chi connectivity index (χ1n) is 21.8. The third-order valence-electron chi connectivity index (χ3n) is 12.1. The van der Waals surface area contributed by atoms with Gasteiger partial charge in [0.1, 0.15) is 11.3 Å². The summed E-state index contributed by atoms with van der Waals surface area (Å²) in [5, 5.41) is 1.11. The lowest BCUT2D eigenvalue weighted by molar-refractivity contribution is 0.632. The number of para-hydroxylation sites is 2. The van der Waals surface area contributed by atoms with Crippen LogP contribution in [0, 0.1) is 0 Å². The van der Waals surface area contributed by atoms with E-state index >= 15 is 0 Å². The molecular weight excluding hydrogens is 775 g/mol. The van der Waals surface area contributed by atoms with Gasteiger partial charge < -0.3 is 9.32 Å². The summed E-state index contributed by atoms with van der Waals surface area (Å²) in [5.41, 5.74) is 19.2. The van der Waals surface area contributed by atoms with Gasteiger partial charge in [-0.25, -0.2) is 0 Å². The van der Waals surface area contributed by atoms with Crippen molar-refractivity contribution < 1.29 is 4.42 Å². The maximum atomic E-state index is 6.61. The van der Waals surface area contributed by atoms with E-state index in [-0.39, 0.29) is 0 Å². The van der Waals surface area contributed by atoms with E-state index in [1.807, 2.05) is 12.1 Å². The Kier molecular flexibility index (Phi) is 10.3. The Bertz CT molecular complexity index is 3350. The number of anilines is 3. The van der Waals surface area contributed by atoms with Gasteiger partial charge in [-0.2, -0.15) is 0 Å². The summed E-state index contributed by atoms with van der Waals surface area (Å²) in [4.78, 5) is 2.38. The average Bonchev–Trinajstić information content (AvgIpc) is 3.78. The number of fused-ring (bicyclic) bond motifs is 1. The summed E-state index contributed by atoms with van der Waals surface area (Å²) >= 11 is 0. The zero-order valence-corrected chi connectivity index (χ0v) is 35.2. The molecule has 0 radical (unpaired) electrons. The number of nitrogens with zero attached hydrogens (tertiary/aromatic N) is 1. The summed E-state index contributed by atoms with van der Waals surface area (Å²) in [5.74, 6) is 0.876. The van der Waals surface area contributed by atoms with Gasteiger partial charge in [-0.15, -0.1) is 0 Å². The molecular formula is C62H43NO. The fourth-order valence-corrected chi connectivity index (χ4v) is 9.09. The first kappa shape index (κ1) is 38.5. The minimum Gasteiger partial charge on any atom is -0.455 e. The standard InChI is InChI=1S/C62H43NO/c1-4-19-45(20-5-1)53-27-10-12-30-56(53)57-31-13-11-28-54(57)47-37-41-52(42-38-47)63(59-33-16-14-29-55(59)46-21-6-2-7-22-46)51-39-35-44(36-40-51)49-25-18-26-50(43-49)62-61(48-23-8-3-9-24-48)58-32-15-17-34-60(58)64-62/h1-43H. The maximum Gasteiger partial charge on any atom is 0.143 e. The van der Waals surface area contributed by atoms with Gasteiger partial charge in [0.15, 0.2) is 0 Å². The molecule has 0 fully saturated rings. The Hall–Kier alpha value is -8.46. The first-order chi connectivity index (χ1) is 31.8. The molecule has 0 saturated heterocycles. The van der Waals surface area contributed by atoms with Crippen molar-refractivity contribution in [3.05, 3.63) is 261 Å². The lowest BCUT2D eigenvalue weighted by Gasteiger charge is -2.28. The molecule has 0 amide bonds. The van der Waals surface area contributed by atoms with Gasteiger partial charge in [-0.3, -0.25) is 0 Å². The lowest BCUT2D eigenvalue weighted by Crippen LogP contribution is -2.11. The summed E-state index contributed by atoms with van der Waals surface area (Å²) in [6.07, 6.45) is 0. The van der Waals surface area contributed by atoms with Crippen molar-refractivity contribution in [1.29, 1.82) is 0 Å². The highest BCUT2D eigenvalue weighted by atomic mass is 16.3. The molecule has 0 saturated carbocycles. The Morgan fingerprint density at radius 3 is 1.30 bits per heavy atom. The van der Waals surface area contributed by atoms with Gasteiger partial charge >= 0.3 is 0 Å². The molecule has 0 aliphatic carbocycles. The SMILES string of the molecule is c1ccc(-c2ccccc2-c2ccccc2-c2ccc(N(c3ccc(-c4cccc(-c5oc6ccccc6c5-c5ccccc5)c4)cc3)c3ccccc3-c3ccccc3)cc2)cc1. The second kappa shape index (κ2) is 17.1. The van der Waals surface area contributed by atoms with E-state index < -0.39 is 0 Å². The predicted octanol–water partition coefficient (Wildman–Crippen LogP) is 17.6. The summed E-state index contributed by atoms with van der Waals surface area (Å²) in [6.45, 7) is 0. The topological polar surface area (TPSA) is 16.4 Å². The molecule has 0 spiro atoms. The first-order valence-corrected chi connectivity index (χ1v) is 21.8. The molecule has 1 heterocycles. The van der Waals surface area contributed by atoms with Crippen LogP contribution in [-0.4, -0.2) is 0 Å². The second-order valence-electron chi connectivity index (χ2n) is 16.0. The summed E-state index contributed by atoms with van der Waals surface area (Å²) in [7, 11) is 0. The van der Waals surface area contributed by atoms with Crippen molar-refractivity contribution in [2.45, 2.75) is 0 Å². The van der Waals surface area contributed by atoms with Crippen LogP contribution in [0.1, 0.15) is 0 Å². The van der Waals surface area contributed by atoms with Crippen molar-refractivity contribution >= 4 is 28.0 Å². The van der Waals surface area contributed by atoms with Crippen LogP contribution in [0.4, 0.5) is 17.1 Å². The van der Waals surface area contributed by atoms with Crippen LogP contribution >= 0.6 is 0 Å². The summed E-state index contributed by atoms with van der Waals surface area (Å²) in [6, 6.07) is 93.0. The monoisotopic (exact) mass is 817 g/mol. The van der Waals surface area contributed by atoms with Crippen molar-refractivity contribution in [2.24, 2.45) is 0 Å². The van der Waals surface area contributed by atoms with Crippen molar-refractivity contribution in [2.75, 3.05) is 4.90 Å². The zero-order chi connectivity index (χ0) is 42.7. The Labute approximate surface area is 374 Å². The average molecular weight is 818 g/mol. The summed E-state index contributed by atoms with van der Waals surface area (Å²) < 4.78 is 6.61. The quantitative estimate of drug-likeness (QED) is 0.137. The molecule has 0 aliphatic rings. The van der Waals surface area contributed by atoms with Gasteiger partial charge in [-0.1, -0.05) is 218 Å². The van der Waals surface area contributed by atoms with Crippen LogP contribution in [0.2, 0.25) is 0 Å². The molecule has 2 heteroatoms. The number of furan rings is 1. The van der Waals surface area contributed by atoms with E-state index in [0.29, 0.717) is 0 Å². The van der Waals surface area contributed by atoms with E-state index in [1.54, 1.807) is 0 Å². The number of benzene rings is 10. The lowest BCUT2D eigenvalue weighted by atomic mass is 9.89. The highest BCUT2D eigenvalue weighted by Crippen LogP contribution is 2.45. The Morgan fingerprint density at radius 2 is 0.688 bits per heavy atom. The van der Waals surface area contributed by atoms with Gasteiger partial charge in [0.05, 0.1) is 5.69 Å². The van der Waals surface area contributed by atoms with E-state index in [2.05, 4.69) is 254 Å². The fraction of sp³-hybridized carbons (Fsp3) is 0. The minimum absolute atomic E-state index is 0.876. The van der Waals surface area contributed by atoms with E-state index in [0.717, 1.165) is 72.7 Å². The van der Waals surface area contributed by atoms with E-state index in [4.69, 9.17) is 4.42 Å². The van der Waals surface area contributed by atoms with Gasteiger partial charge in [0, 0.05) is 33.5 Å². The molecule has 64 heavy (non-hydrogen) atoms. The van der Waals surface area contributed by atoms with Crippen LogP contribution in [-0.2, 0) is 0 Å². The van der Waals surface area contributed by atoms with Crippen molar-refractivity contribution in [3.8, 4) is 78.1 Å².